The molecule has 1 aliphatic rings. The van der Waals surface area contributed by atoms with Gasteiger partial charge in [0.25, 0.3) is 0 Å². The molecular formula is C11H10O4. The van der Waals surface area contributed by atoms with Crippen molar-refractivity contribution in [1.29, 1.82) is 0 Å². The van der Waals surface area contributed by atoms with Crippen LogP contribution in [0.3, 0.4) is 0 Å². The first-order valence-electron chi connectivity index (χ1n) is 4.46. The second kappa shape index (κ2) is 4.56. The number of rotatable bonds is 3. The van der Waals surface area contributed by atoms with Gasteiger partial charge in [0.1, 0.15) is 5.76 Å². The summed E-state index contributed by atoms with van der Waals surface area (Å²) < 4.78 is 4.70. The Morgan fingerprint density at radius 1 is 1.60 bits per heavy atom. The Kier molecular flexibility index (Phi) is 3.40. The summed E-state index contributed by atoms with van der Waals surface area (Å²) in [5.74, 6) is -0.633. The highest BCUT2D eigenvalue weighted by atomic mass is 16.5. The molecule has 0 bridgehead atoms. The van der Waals surface area contributed by atoms with Crippen molar-refractivity contribution in [3.05, 3.63) is 11.8 Å². The van der Waals surface area contributed by atoms with Gasteiger partial charge in [-0.1, -0.05) is 0 Å². The highest BCUT2D eigenvalue weighted by Gasteiger charge is 2.36. The predicted molar refractivity (Wildman–Crippen MR) is 51.4 cm³/mol. The third-order valence-electron chi connectivity index (χ3n) is 1.97. The summed E-state index contributed by atoms with van der Waals surface area (Å²) in [6.07, 6.45) is 6.38. The van der Waals surface area contributed by atoms with Crippen LogP contribution >= 0.6 is 0 Å². The van der Waals surface area contributed by atoms with Gasteiger partial charge in [0.05, 0.1) is 0 Å². The molecule has 4 heteroatoms. The van der Waals surface area contributed by atoms with Crippen molar-refractivity contribution < 1.29 is 19.1 Å². The molecule has 0 spiro atoms. The zero-order valence-corrected chi connectivity index (χ0v) is 8.28. The third kappa shape index (κ3) is 2.53. The monoisotopic (exact) mass is 206 g/mol. The Bertz CT molecular complexity index is 384. The SMILES string of the molecule is C#CCCC(=O)C1C(=O)C=C(C)OC1=O. The fraction of sp³-hybridized carbons (Fsp3) is 0.364. The van der Waals surface area contributed by atoms with E-state index in [-0.39, 0.29) is 18.6 Å². The van der Waals surface area contributed by atoms with Crippen LogP contribution in [0.2, 0.25) is 0 Å². The van der Waals surface area contributed by atoms with Crippen LogP contribution in [0.25, 0.3) is 0 Å². The number of cyclic esters (lactones) is 1. The smallest absolute Gasteiger partial charge is 0.329 e. The van der Waals surface area contributed by atoms with Crippen LogP contribution in [-0.4, -0.2) is 17.5 Å². The van der Waals surface area contributed by atoms with Crippen LogP contribution in [0.4, 0.5) is 0 Å². The van der Waals surface area contributed by atoms with E-state index in [0.29, 0.717) is 0 Å². The van der Waals surface area contributed by atoms with Gasteiger partial charge < -0.3 is 4.74 Å². The zero-order valence-electron chi connectivity index (χ0n) is 8.28. The molecule has 4 nitrogen and oxygen atoms in total. The zero-order chi connectivity index (χ0) is 11.4. The quantitative estimate of drug-likeness (QED) is 0.385. The van der Waals surface area contributed by atoms with E-state index in [2.05, 4.69) is 5.92 Å². The maximum absolute atomic E-state index is 11.4. The molecule has 0 saturated heterocycles. The molecule has 0 aliphatic carbocycles. The van der Waals surface area contributed by atoms with Crippen molar-refractivity contribution in [2.24, 2.45) is 5.92 Å². The normalized spacial score (nSPS) is 20.3. The maximum Gasteiger partial charge on any atom is 0.329 e. The molecule has 78 valence electrons. The van der Waals surface area contributed by atoms with Crippen LogP contribution in [0.1, 0.15) is 19.8 Å². The van der Waals surface area contributed by atoms with Gasteiger partial charge in [0.2, 0.25) is 0 Å². The summed E-state index contributed by atoms with van der Waals surface area (Å²) in [4.78, 5) is 34.1. The largest absolute Gasteiger partial charge is 0.430 e. The average Bonchev–Trinajstić information content (AvgIpc) is 2.12. The molecule has 0 saturated carbocycles. The number of esters is 1. The number of allylic oxidation sites excluding steroid dienone is 2. The van der Waals surface area contributed by atoms with Crippen molar-refractivity contribution in [3.8, 4) is 12.3 Å². The molecule has 1 heterocycles. The number of hydrogen-bond acceptors (Lipinski definition) is 4. The minimum Gasteiger partial charge on any atom is -0.430 e. The van der Waals surface area contributed by atoms with Crippen LogP contribution in [0.5, 0.6) is 0 Å². The molecule has 0 amide bonds. The summed E-state index contributed by atoms with van der Waals surface area (Å²) in [6.45, 7) is 1.48. The molecule has 0 aromatic heterocycles. The lowest BCUT2D eigenvalue weighted by Gasteiger charge is -2.16. The minimum atomic E-state index is -1.32. The number of ketones is 2. The Labute approximate surface area is 87.3 Å². The number of carbonyl (C=O) groups is 3. The van der Waals surface area contributed by atoms with Crippen molar-refractivity contribution in [1.82, 2.24) is 0 Å². The lowest BCUT2D eigenvalue weighted by atomic mass is 9.94. The summed E-state index contributed by atoms with van der Waals surface area (Å²) >= 11 is 0. The fourth-order valence-electron chi connectivity index (χ4n) is 1.28. The van der Waals surface area contributed by atoms with Gasteiger partial charge >= 0.3 is 5.97 Å². The van der Waals surface area contributed by atoms with E-state index in [1.54, 1.807) is 0 Å². The first kappa shape index (κ1) is 11.2. The molecule has 0 aromatic carbocycles. The number of Topliss-reactive ketones (excluding diaryl/α,β-unsaturated/α-hetero) is 1. The van der Waals surface area contributed by atoms with E-state index in [9.17, 15) is 14.4 Å². The molecule has 0 fully saturated rings. The molecule has 1 unspecified atom stereocenters. The molecule has 0 N–H and O–H groups in total. The number of hydrogen-bond donors (Lipinski definition) is 0. The maximum atomic E-state index is 11.4. The summed E-state index contributed by atoms with van der Waals surface area (Å²) in [5.41, 5.74) is 0. The number of ether oxygens (including phenoxy) is 1. The van der Waals surface area contributed by atoms with E-state index in [1.165, 1.54) is 6.92 Å². The van der Waals surface area contributed by atoms with E-state index in [4.69, 9.17) is 11.2 Å². The second-order valence-corrected chi connectivity index (χ2v) is 3.18. The average molecular weight is 206 g/mol. The number of terminal acetylenes is 1. The first-order chi connectivity index (χ1) is 7.06. The highest BCUT2D eigenvalue weighted by Crippen LogP contribution is 2.17. The van der Waals surface area contributed by atoms with E-state index < -0.39 is 23.5 Å². The van der Waals surface area contributed by atoms with Crippen molar-refractivity contribution in [3.63, 3.8) is 0 Å². The van der Waals surface area contributed by atoms with Crippen LogP contribution < -0.4 is 0 Å². The summed E-state index contributed by atoms with van der Waals surface area (Å²) in [5, 5.41) is 0. The number of carbonyl (C=O) groups excluding carboxylic acids is 3. The predicted octanol–water partition coefficient (Wildman–Crippen LogP) is 0.615. The molecule has 1 aliphatic heterocycles. The Morgan fingerprint density at radius 3 is 2.80 bits per heavy atom. The van der Waals surface area contributed by atoms with Crippen molar-refractivity contribution in [2.45, 2.75) is 19.8 Å². The van der Waals surface area contributed by atoms with Gasteiger partial charge in [0, 0.05) is 18.9 Å². The molecule has 0 aromatic rings. The molecule has 1 atom stereocenters. The third-order valence-corrected chi connectivity index (χ3v) is 1.97. The lowest BCUT2D eigenvalue weighted by molar-refractivity contribution is -0.152. The van der Waals surface area contributed by atoms with E-state index >= 15 is 0 Å². The minimum absolute atomic E-state index is 0.0227. The van der Waals surface area contributed by atoms with Gasteiger partial charge in [-0.15, -0.1) is 12.3 Å². The molecule has 0 radical (unpaired) electrons. The Hall–Kier alpha value is -1.89. The highest BCUT2D eigenvalue weighted by molar-refractivity contribution is 6.21. The molecular weight excluding hydrogens is 196 g/mol. The van der Waals surface area contributed by atoms with E-state index in [0.717, 1.165) is 6.08 Å². The van der Waals surface area contributed by atoms with Gasteiger partial charge in [-0.3, -0.25) is 14.4 Å². The Morgan fingerprint density at radius 2 is 2.27 bits per heavy atom. The summed E-state index contributed by atoms with van der Waals surface area (Å²) in [7, 11) is 0. The lowest BCUT2D eigenvalue weighted by Crippen LogP contribution is -2.35. The van der Waals surface area contributed by atoms with Crippen LogP contribution in [0.15, 0.2) is 11.8 Å². The van der Waals surface area contributed by atoms with Crippen molar-refractivity contribution >= 4 is 17.5 Å². The fourth-order valence-corrected chi connectivity index (χ4v) is 1.28. The van der Waals surface area contributed by atoms with Gasteiger partial charge in [-0.05, 0) is 6.92 Å². The second-order valence-electron chi connectivity index (χ2n) is 3.18. The summed E-state index contributed by atoms with van der Waals surface area (Å²) in [6, 6.07) is 0. The first-order valence-corrected chi connectivity index (χ1v) is 4.46. The van der Waals surface area contributed by atoms with Crippen LogP contribution in [-0.2, 0) is 19.1 Å². The molecule has 15 heavy (non-hydrogen) atoms. The topological polar surface area (TPSA) is 60.4 Å². The van der Waals surface area contributed by atoms with Gasteiger partial charge in [0.15, 0.2) is 17.5 Å². The van der Waals surface area contributed by atoms with Gasteiger partial charge in [-0.2, -0.15) is 0 Å². The standard InChI is InChI=1S/C11H10O4/c1-3-4-5-8(12)10-9(13)6-7(2)15-11(10)14/h1,6,10H,4-5H2,2H3. The van der Waals surface area contributed by atoms with E-state index in [1.807, 2.05) is 0 Å². The Balaban J connectivity index is 2.78. The van der Waals surface area contributed by atoms with Crippen LogP contribution in [0, 0.1) is 18.3 Å². The molecule has 1 rings (SSSR count). The van der Waals surface area contributed by atoms with Gasteiger partial charge in [-0.25, -0.2) is 0 Å². The van der Waals surface area contributed by atoms with Crippen molar-refractivity contribution in [2.75, 3.05) is 0 Å².